The molecule has 0 saturated heterocycles. The summed E-state index contributed by atoms with van der Waals surface area (Å²) in [5, 5.41) is 7.63. The maximum absolute atomic E-state index is 8.36. The summed E-state index contributed by atoms with van der Waals surface area (Å²) in [5.74, 6) is 3.24. The van der Waals surface area contributed by atoms with Crippen molar-refractivity contribution in [2.24, 2.45) is 0 Å². The van der Waals surface area contributed by atoms with E-state index < -0.39 is 0 Å². The van der Waals surface area contributed by atoms with Crippen LogP contribution in [0.15, 0.2) is 48.5 Å². The fraction of sp³-hybridized carbons (Fsp3) is 0.435. The Bertz CT molecular complexity index is 684. The predicted molar refractivity (Wildman–Crippen MR) is 132 cm³/mol. The van der Waals surface area contributed by atoms with Gasteiger partial charge in [0.1, 0.15) is 15.7 Å². The average Bonchev–Trinajstić information content (AvgIpc) is 2.72. The first-order valence-electron chi connectivity index (χ1n) is 10.1. The van der Waals surface area contributed by atoms with Gasteiger partial charge in [0.25, 0.3) is 6.47 Å². The van der Waals surface area contributed by atoms with Crippen LogP contribution in [0.25, 0.3) is 0 Å². The van der Waals surface area contributed by atoms with Crippen molar-refractivity contribution in [3.8, 4) is 0 Å². The van der Waals surface area contributed by atoms with Crippen LogP contribution in [0.1, 0.15) is 50.2 Å². The van der Waals surface area contributed by atoms with Gasteiger partial charge in [-0.15, -0.1) is 0 Å². The molecule has 0 spiro atoms. The van der Waals surface area contributed by atoms with E-state index in [1.165, 1.54) is 43.4 Å². The van der Waals surface area contributed by atoms with Crippen LogP contribution in [0.4, 0.5) is 0 Å². The maximum Gasteiger partial charge on any atom is 0.290 e. The van der Waals surface area contributed by atoms with Crippen LogP contribution in [0, 0.1) is 0 Å². The zero-order chi connectivity index (χ0) is 21.3. The van der Waals surface area contributed by atoms with Crippen molar-refractivity contribution in [1.29, 1.82) is 0 Å². The number of hydrogen-bond donors (Lipinski definition) is 1. The SMILES string of the molecule is O=CO.[B]c1ccc([B])c(CSCCC(CCCCC)SCc2ccccc2)c1. The summed E-state index contributed by atoms with van der Waals surface area (Å²) >= 11 is 4.09. The fourth-order valence-corrected chi connectivity index (χ4v) is 5.32. The highest BCUT2D eigenvalue weighted by Crippen LogP contribution is 2.27. The highest BCUT2D eigenvalue weighted by molar-refractivity contribution is 7.99. The van der Waals surface area contributed by atoms with E-state index in [2.05, 4.69) is 49.0 Å². The molecular formula is C23H30B2O2S2. The molecule has 0 bridgehead atoms. The van der Waals surface area contributed by atoms with Crippen LogP contribution in [0.5, 0.6) is 0 Å². The molecule has 0 saturated carbocycles. The minimum atomic E-state index is -0.250. The van der Waals surface area contributed by atoms with Crippen LogP contribution in [-0.4, -0.2) is 38.3 Å². The topological polar surface area (TPSA) is 37.3 Å². The Morgan fingerprint density at radius 2 is 1.76 bits per heavy atom. The minimum Gasteiger partial charge on any atom is -0.483 e. The number of hydrogen-bond acceptors (Lipinski definition) is 3. The van der Waals surface area contributed by atoms with E-state index in [0.717, 1.165) is 33.2 Å². The van der Waals surface area contributed by atoms with E-state index in [1.54, 1.807) is 0 Å². The molecule has 2 nitrogen and oxygen atoms in total. The summed E-state index contributed by atoms with van der Waals surface area (Å²) < 4.78 is 0. The predicted octanol–water partition coefficient (Wildman–Crippen LogP) is 4.48. The first-order valence-corrected chi connectivity index (χ1v) is 12.3. The lowest BCUT2D eigenvalue weighted by molar-refractivity contribution is -0.122. The number of benzene rings is 2. The molecular weight excluding hydrogens is 394 g/mol. The van der Waals surface area contributed by atoms with Gasteiger partial charge in [0, 0.05) is 16.8 Å². The van der Waals surface area contributed by atoms with Crippen LogP contribution in [-0.2, 0) is 16.3 Å². The van der Waals surface area contributed by atoms with Gasteiger partial charge in [-0.3, -0.25) is 4.79 Å². The normalized spacial score (nSPS) is 11.3. The molecule has 0 aliphatic rings. The standard InChI is InChI=1S/C22H28B2S2.CH2O2/c1-2-3-5-10-21(26-16-18-8-6-4-7-9-18)13-14-25-17-19-15-20(23)11-12-22(19)24;2-1-3/h4,6-9,11-12,15,21H,2-3,5,10,13-14,16-17H2,1H3;1H,(H,2,3). The van der Waals surface area contributed by atoms with Gasteiger partial charge in [-0.1, -0.05) is 85.6 Å². The Morgan fingerprint density at radius 3 is 2.45 bits per heavy atom. The zero-order valence-corrected chi connectivity index (χ0v) is 18.9. The van der Waals surface area contributed by atoms with Crippen molar-refractivity contribution in [3.05, 3.63) is 59.7 Å². The van der Waals surface area contributed by atoms with Gasteiger partial charge in [0.05, 0.1) is 0 Å². The maximum atomic E-state index is 8.36. The fourth-order valence-electron chi connectivity index (χ4n) is 2.87. The van der Waals surface area contributed by atoms with E-state index in [-0.39, 0.29) is 6.47 Å². The quantitative estimate of drug-likeness (QED) is 0.310. The van der Waals surface area contributed by atoms with Gasteiger partial charge >= 0.3 is 0 Å². The molecule has 1 unspecified atom stereocenters. The molecule has 152 valence electrons. The van der Waals surface area contributed by atoms with Crippen molar-refractivity contribution >= 4 is 56.6 Å². The van der Waals surface area contributed by atoms with Crippen molar-refractivity contribution in [1.82, 2.24) is 0 Å². The van der Waals surface area contributed by atoms with Gasteiger partial charge in [-0.05, 0) is 29.7 Å². The third-order valence-electron chi connectivity index (χ3n) is 4.47. The Hall–Kier alpha value is -1.26. The molecule has 2 rings (SSSR count). The summed E-state index contributed by atoms with van der Waals surface area (Å²) in [6.07, 6.45) is 6.56. The van der Waals surface area contributed by atoms with Crippen LogP contribution >= 0.6 is 23.5 Å². The third-order valence-corrected chi connectivity index (χ3v) is 6.95. The average molecular weight is 424 g/mol. The second kappa shape index (κ2) is 16.5. The molecule has 0 aliphatic carbocycles. The lowest BCUT2D eigenvalue weighted by atomic mass is 9.85. The lowest BCUT2D eigenvalue weighted by Gasteiger charge is -2.17. The second-order valence-corrected chi connectivity index (χ2v) is 9.21. The van der Waals surface area contributed by atoms with E-state index in [4.69, 9.17) is 25.6 Å². The van der Waals surface area contributed by atoms with Gasteiger partial charge in [0.15, 0.2) is 0 Å². The Labute approximate surface area is 187 Å². The second-order valence-electron chi connectivity index (χ2n) is 6.82. The molecule has 0 aromatic heterocycles. The summed E-state index contributed by atoms with van der Waals surface area (Å²) in [5.41, 5.74) is 4.24. The molecule has 0 fully saturated rings. The van der Waals surface area contributed by atoms with Gasteiger partial charge in [-0.2, -0.15) is 23.5 Å². The molecule has 1 N–H and O–H groups in total. The molecule has 2 aromatic rings. The van der Waals surface area contributed by atoms with E-state index in [1.807, 2.05) is 30.0 Å². The summed E-state index contributed by atoms with van der Waals surface area (Å²) in [6.45, 7) is 2.03. The highest BCUT2D eigenvalue weighted by atomic mass is 32.2. The first-order chi connectivity index (χ1) is 14.1. The lowest BCUT2D eigenvalue weighted by Crippen LogP contribution is -2.15. The molecule has 0 aliphatic heterocycles. The molecule has 1 atom stereocenters. The van der Waals surface area contributed by atoms with Gasteiger partial charge in [0.2, 0.25) is 0 Å². The Morgan fingerprint density at radius 1 is 1.03 bits per heavy atom. The zero-order valence-electron chi connectivity index (χ0n) is 17.3. The molecule has 2 aromatic carbocycles. The van der Waals surface area contributed by atoms with E-state index >= 15 is 0 Å². The van der Waals surface area contributed by atoms with Crippen molar-refractivity contribution in [2.45, 2.75) is 55.8 Å². The van der Waals surface area contributed by atoms with E-state index in [0.29, 0.717) is 0 Å². The van der Waals surface area contributed by atoms with Gasteiger partial charge in [-0.25, -0.2) is 0 Å². The van der Waals surface area contributed by atoms with Crippen LogP contribution in [0.3, 0.4) is 0 Å². The third kappa shape index (κ3) is 12.1. The number of carboxylic acid groups (broad SMARTS) is 1. The smallest absolute Gasteiger partial charge is 0.290 e. The van der Waals surface area contributed by atoms with Crippen molar-refractivity contribution in [3.63, 3.8) is 0 Å². The minimum absolute atomic E-state index is 0.250. The number of unbranched alkanes of at least 4 members (excludes halogenated alkanes) is 2. The number of rotatable bonds is 12. The molecule has 6 heteroatoms. The molecule has 29 heavy (non-hydrogen) atoms. The first kappa shape index (κ1) is 25.8. The van der Waals surface area contributed by atoms with Crippen LogP contribution < -0.4 is 10.9 Å². The van der Waals surface area contributed by atoms with E-state index in [9.17, 15) is 0 Å². The number of thioether (sulfide) groups is 2. The monoisotopic (exact) mass is 424 g/mol. The Balaban J connectivity index is 0.00000132. The Kier molecular flexibility index (Phi) is 14.7. The summed E-state index contributed by atoms with van der Waals surface area (Å²) in [4.78, 5) is 8.36. The summed E-state index contributed by atoms with van der Waals surface area (Å²) in [6, 6.07) is 16.6. The molecule has 4 radical (unpaired) electrons. The van der Waals surface area contributed by atoms with Crippen LogP contribution in [0.2, 0.25) is 0 Å². The highest BCUT2D eigenvalue weighted by Gasteiger charge is 2.10. The van der Waals surface area contributed by atoms with Crippen molar-refractivity contribution < 1.29 is 9.90 Å². The summed E-state index contributed by atoms with van der Waals surface area (Å²) in [7, 11) is 11.9. The molecule has 0 amide bonds. The molecule has 0 heterocycles. The number of carbonyl (C=O) groups is 1. The largest absolute Gasteiger partial charge is 0.483 e. The van der Waals surface area contributed by atoms with Gasteiger partial charge < -0.3 is 5.11 Å². The van der Waals surface area contributed by atoms with Crippen molar-refractivity contribution in [2.75, 3.05) is 5.75 Å².